The van der Waals surface area contributed by atoms with Gasteiger partial charge in [-0.25, -0.2) is 4.39 Å². The number of hydrogen-bond donors (Lipinski definition) is 1. The van der Waals surface area contributed by atoms with Gasteiger partial charge in [-0.15, -0.1) is 0 Å². The zero-order valence-electron chi connectivity index (χ0n) is 8.72. The number of alkyl halides is 1. The van der Waals surface area contributed by atoms with Crippen molar-refractivity contribution < 1.29 is 9.50 Å². The molecule has 2 atom stereocenters. The molecule has 2 unspecified atom stereocenters. The Morgan fingerprint density at radius 1 is 1.64 bits per heavy atom. The van der Waals surface area contributed by atoms with E-state index in [1.165, 1.54) is 0 Å². The highest BCUT2D eigenvalue weighted by atomic mass is 19.1. The first kappa shape index (κ1) is 10.1. The predicted octanol–water partition coefficient (Wildman–Crippen LogP) is 1.50. The number of rotatable bonds is 2. The van der Waals surface area contributed by atoms with Crippen molar-refractivity contribution in [1.29, 1.82) is 0 Å². The first-order chi connectivity index (χ1) is 6.52. The van der Waals surface area contributed by atoms with Gasteiger partial charge in [0.15, 0.2) is 0 Å². The van der Waals surface area contributed by atoms with Crippen molar-refractivity contribution in [3.05, 3.63) is 12.2 Å². The van der Waals surface area contributed by atoms with Crippen molar-refractivity contribution in [2.24, 2.45) is 0 Å². The molecule has 0 amide bonds. The van der Waals surface area contributed by atoms with E-state index in [1.807, 2.05) is 0 Å². The highest BCUT2D eigenvalue weighted by Gasteiger charge is 2.55. The van der Waals surface area contributed by atoms with E-state index in [9.17, 15) is 9.50 Å². The molecule has 80 valence electrons. The molecule has 0 aliphatic carbocycles. The lowest BCUT2D eigenvalue weighted by molar-refractivity contribution is 0.0991. The fourth-order valence-electron chi connectivity index (χ4n) is 2.84. The lowest BCUT2D eigenvalue weighted by Crippen LogP contribution is -2.41. The molecule has 3 heteroatoms. The smallest absolute Gasteiger partial charge is 0.146 e. The molecule has 0 spiro atoms. The van der Waals surface area contributed by atoms with Crippen LogP contribution in [0, 0.1) is 0 Å². The number of hydrogen-bond acceptors (Lipinski definition) is 2. The zero-order chi connectivity index (χ0) is 10.4. The van der Waals surface area contributed by atoms with Crippen molar-refractivity contribution in [1.82, 2.24) is 4.90 Å². The summed E-state index contributed by atoms with van der Waals surface area (Å²) in [5.74, 6) is 0. The summed E-state index contributed by atoms with van der Waals surface area (Å²) in [7, 11) is 0. The van der Waals surface area contributed by atoms with Crippen molar-refractivity contribution in [2.45, 2.75) is 37.4 Å². The largest absolute Gasteiger partial charge is 0.394 e. The van der Waals surface area contributed by atoms with E-state index in [0.29, 0.717) is 18.5 Å². The Kier molecular flexibility index (Phi) is 2.20. The predicted molar refractivity (Wildman–Crippen MR) is 53.9 cm³/mol. The molecule has 2 fully saturated rings. The Bertz CT molecular complexity index is 268. The van der Waals surface area contributed by atoms with Gasteiger partial charge in [-0.3, -0.25) is 4.90 Å². The number of halogens is 1. The molecule has 0 bridgehead atoms. The van der Waals surface area contributed by atoms with E-state index < -0.39 is 5.67 Å². The molecule has 2 nitrogen and oxygen atoms in total. The lowest BCUT2D eigenvalue weighted by Gasteiger charge is -2.29. The van der Waals surface area contributed by atoms with E-state index >= 15 is 0 Å². The Morgan fingerprint density at radius 3 is 2.86 bits per heavy atom. The molecule has 0 saturated carbocycles. The molecule has 2 saturated heterocycles. The summed E-state index contributed by atoms with van der Waals surface area (Å²) in [4.78, 5) is 2.10. The van der Waals surface area contributed by atoms with Crippen LogP contribution in [0.1, 0.15) is 26.2 Å². The molecular weight excluding hydrogens is 181 g/mol. The maximum absolute atomic E-state index is 14.3. The van der Waals surface area contributed by atoms with E-state index in [-0.39, 0.29) is 12.1 Å². The Balaban J connectivity index is 2.24. The molecule has 2 rings (SSSR count). The molecule has 0 radical (unpaired) electrons. The monoisotopic (exact) mass is 199 g/mol. The molecule has 1 N–H and O–H groups in total. The summed E-state index contributed by atoms with van der Waals surface area (Å²) >= 11 is 0. The van der Waals surface area contributed by atoms with Crippen molar-refractivity contribution in [2.75, 3.05) is 19.7 Å². The summed E-state index contributed by atoms with van der Waals surface area (Å²) < 4.78 is 14.3. The Labute approximate surface area is 84.4 Å². The number of nitrogens with zero attached hydrogens (tertiary/aromatic N) is 1. The highest BCUT2D eigenvalue weighted by molar-refractivity contribution is 5.21. The van der Waals surface area contributed by atoms with Crippen LogP contribution in [-0.2, 0) is 0 Å². The molecule has 0 aromatic heterocycles. The van der Waals surface area contributed by atoms with Gasteiger partial charge in [-0.2, -0.15) is 0 Å². The van der Waals surface area contributed by atoms with Crippen LogP contribution < -0.4 is 0 Å². The lowest BCUT2D eigenvalue weighted by atomic mass is 9.86. The van der Waals surface area contributed by atoms with E-state index in [2.05, 4.69) is 11.5 Å². The van der Waals surface area contributed by atoms with Gasteiger partial charge < -0.3 is 5.11 Å². The van der Waals surface area contributed by atoms with Crippen molar-refractivity contribution in [3.8, 4) is 0 Å². The summed E-state index contributed by atoms with van der Waals surface area (Å²) in [5.41, 5.74) is -0.962. The van der Waals surface area contributed by atoms with Gasteiger partial charge in [0.25, 0.3) is 0 Å². The first-order valence-corrected chi connectivity index (χ1v) is 5.23. The number of fused-ring (bicyclic) bond motifs is 1. The van der Waals surface area contributed by atoms with Crippen LogP contribution in [0.4, 0.5) is 4.39 Å². The SMILES string of the molecule is C=C(C)C1(F)CN2CCCC2(CO)C1. The summed E-state index contributed by atoms with van der Waals surface area (Å²) in [6.45, 7) is 6.87. The molecule has 2 heterocycles. The van der Waals surface area contributed by atoms with Gasteiger partial charge in [0.05, 0.1) is 6.61 Å². The minimum absolute atomic E-state index is 0.0753. The second-order valence-corrected chi connectivity index (χ2v) is 4.83. The normalized spacial score (nSPS) is 42.8. The van der Waals surface area contributed by atoms with Gasteiger partial charge in [0, 0.05) is 18.5 Å². The highest BCUT2D eigenvalue weighted by Crippen LogP contribution is 2.47. The van der Waals surface area contributed by atoms with E-state index in [1.54, 1.807) is 6.92 Å². The summed E-state index contributed by atoms with van der Waals surface area (Å²) in [6, 6.07) is 0. The van der Waals surface area contributed by atoms with Crippen LogP contribution in [0.5, 0.6) is 0 Å². The van der Waals surface area contributed by atoms with Crippen LogP contribution in [0.2, 0.25) is 0 Å². The van der Waals surface area contributed by atoms with Crippen LogP contribution >= 0.6 is 0 Å². The minimum Gasteiger partial charge on any atom is -0.394 e. The molecule has 2 aliphatic rings. The molecule has 14 heavy (non-hydrogen) atoms. The van der Waals surface area contributed by atoms with Crippen LogP contribution in [-0.4, -0.2) is 40.9 Å². The van der Waals surface area contributed by atoms with Crippen LogP contribution in [0.3, 0.4) is 0 Å². The second-order valence-electron chi connectivity index (χ2n) is 4.83. The fourth-order valence-corrected chi connectivity index (χ4v) is 2.84. The third kappa shape index (κ3) is 1.22. The first-order valence-electron chi connectivity index (χ1n) is 5.23. The number of aliphatic hydroxyl groups is 1. The summed E-state index contributed by atoms with van der Waals surface area (Å²) in [5, 5.41) is 9.40. The second kappa shape index (κ2) is 3.04. The van der Waals surface area contributed by atoms with Crippen molar-refractivity contribution >= 4 is 0 Å². The quantitative estimate of drug-likeness (QED) is 0.681. The Hall–Kier alpha value is -0.410. The maximum Gasteiger partial charge on any atom is 0.146 e. The van der Waals surface area contributed by atoms with E-state index in [4.69, 9.17) is 0 Å². The fraction of sp³-hybridized carbons (Fsp3) is 0.818. The van der Waals surface area contributed by atoms with Crippen molar-refractivity contribution in [3.63, 3.8) is 0 Å². The molecule has 2 aliphatic heterocycles. The van der Waals surface area contributed by atoms with Crippen LogP contribution in [0.15, 0.2) is 12.2 Å². The minimum atomic E-state index is -1.27. The van der Waals surface area contributed by atoms with Gasteiger partial charge in [-0.1, -0.05) is 6.58 Å². The Morgan fingerprint density at radius 2 is 2.36 bits per heavy atom. The standard InChI is InChI=1S/C11H18FNO/c1-9(2)11(12)6-10(8-14)4-3-5-13(10)7-11/h14H,1,3-8H2,2H3. The van der Waals surface area contributed by atoms with Gasteiger partial charge in [0.1, 0.15) is 5.67 Å². The average Bonchev–Trinajstić information content (AvgIpc) is 2.59. The van der Waals surface area contributed by atoms with Gasteiger partial charge in [0.2, 0.25) is 0 Å². The number of aliphatic hydroxyl groups excluding tert-OH is 1. The molecule has 0 aromatic rings. The molecule has 0 aromatic carbocycles. The van der Waals surface area contributed by atoms with E-state index in [0.717, 1.165) is 19.4 Å². The summed E-state index contributed by atoms with van der Waals surface area (Å²) in [6.07, 6.45) is 2.42. The van der Waals surface area contributed by atoms with Crippen LogP contribution in [0.25, 0.3) is 0 Å². The third-order valence-electron chi connectivity index (χ3n) is 3.85. The zero-order valence-corrected chi connectivity index (χ0v) is 8.72. The van der Waals surface area contributed by atoms with Gasteiger partial charge in [-0.05, 0) is 31.9 Å². The maximum atomic E-state index is 14.3. The van der Waals surface area contributed by atoms with Gasteiger partial charge >= 0.3 is 0 Å². The molecular formula is C11H18FNO. The average molecular weight is 199 g/mol. The third-order valence-corrected chi connectivity index (χ3v) is 3.85. The topological polar surface area (TPSA) is 23.5 Å².